The Morgan fingerprint density at radius 1 is 0.426 bits per heavy atom. The van der Waals surface area contributed by atoms with Gasteiger partial charge in [0.05, 0.1) is 5.02 Å². The van der Waals surface area contributed by atoms with Crippen LogP contribution in [0, 0.1) is 11.6 Å². The summed E-state index contributed by atoms with van der Waals surface area (Å²) >= 11 is 9.07. The monoisotopic (exact) mass is 826 g/mol. The summed E-state index contributed by atoms with van der Waals surface area (Å²) in [6.45, 7) is 0. The SMILES string of the molecule is Fc1ccc(-c2c(-c3ccc(Sc4cccc(-c5ccc(Cc6ccccc6)c6c5Cc5ccccc5-6)c4Cl)cc3)cc3c(c2-c2ccc(F)cc2)Cc2ccccc2-3)cc1. The van der Waals surface area contributed by atoms with Crippen LogP contribution in [0.15, 0.2) is 198 Å². The molecule has 0 amide bonds. The number of hydrogen-bond acceptors (Lipinski definition) is 1. The number of hydrogen-bond donors (Lipinski definition) is 0. The molecule has 0 bridgehead atoms. The molecule has 0 unspecified atom stereocenters. The van der Waals surface area contributed by atoms with E-state index in [-0.39, 0.29) is 11.6 Å². The summed E-state index contributed by atoms with van der Waals surface area (Å²) in [6.07, 6.45) is 2.50. The van der Waals surface area contributed by atoms with E-state index in [1.165, 1.54) is 85.5 Å². The number of halogens is 3. The fourth-order valence-electron chi connectivity index (χ4n) is 9.52. The second-order valence-corrected chi connectivity index (χ2v) is 17.4. The third kappa shape index (κ3) is 6.79. The average Bonchev–Trinajstić information content (AvgIpc) is 3.87. The van der Waals surface area contributed by atoms with Crippen LogP contribution in [0.5, 0.6) is 0 Å². The Kier molecular flexibility index (Phi) is 9.52. The van der Waals surface area contributed by atoms with Gasteiger partial charge in [-0.3, -0.25) is 0 Å². The van der Waals surface area contributed by atoms with Crippen LogP contribution in [0.3, 0.4) is 0 Å². The second kappa shape index (κ2) is 15.5. The van der Waals surface area contributed by atoms with Crippen molar-refractivity contribution in [3.05, 3.63) is 238 Å². The molecule has 0 spiro atoms. The molecule has 0 fully saturated rings. The minimum Gasteiger partial charge on any atom is -0.207 e. The largest absolute Gasteiger partial charge is 0.207 e. The van der Waals surface area contributed by atoms with Crippen molar-refractivity contribution in [1.29, 1.82) is 0 Å². The van der Waals surface area contributed by atoms with Gasteiger partial charge in [0.25, 0.3) is 0 Å². The van der Waals surface area contributed by atoms with Gasteiger partial charge in [-0.1, -0.05) is 163 Å². The maximum Gasteiger partial charge on any atom is 0.123 e. The van der Waals surface area contributed by atoms with E-state index < -0.39 is 0 Å². The zero-order valence-electron chi connectivity index (χ0n) is 33.1. The molecule has 0 heterocycles. The molecule has 11 rings (SSSR count). The van der Waals surface area contributed by atoms with E-state index in [1.807, 2.05) is 24.3 Å². The number of rotatable bonds is 8. The first-order chi connectivity index (χ1) is 30.0. The highest BCUT2D eigenvalue weighted by atomic mass is 35.5. The Labute approximate surface area is 364 Å². The fraction of sp³-hybridized carbons (Fsp3) is 0.0526. The van der Waals surface area contributed by atoms with Gasteiger partial charge in [0.15, 0.2) is 0 Å². The van der Waals surface area contributed by atoms with Gasteiger partial charge < -0.3 is 0 Å². The highest BCUT2D eigenvalue weighted by Crippen LogP contribution is 2.51. The molecular weight excluding hydrogens is 790 g/mol. The Morgan fingerprint density at radius 2 is 1.00 bits per heavy atom. The maximum absolute atomic E-state index is 14.4. The molecule has 61 heavy (non-hydrogen) atoms. The van der Waals surface area contributed by atoms with Crippen molar-refractivity contribution in [1.82, 2.24) is 0 Å². The third-order valence-corrected chi connectivity index (χ3v) is 13.9. The van der Waals surface area contributed by atoms with Gasteiger partial charge in [-0.2, -0.15) is 0 Å². The summed E-state index contributed by atoms with van der Waals surface area (Å²) in [5.41, 5.74) is 20.9. The van der Waals surface area contributed by atoms with Crippen LogP contribution in [0.25, 0.3) is 66.8 Å². The summed E-state index contributed by atoms with van der Waals surface area (Å²) in [5.74, 6) is -0.575. The topological polar surface area (TPSA) is 0 Å². The molecular formula is C57H37ClF2S. The average molecular weight is 827 g/mol. The molecule has 2 aliphatic rings. The molecule has 2 aliphatic carbocycles. The third-order valence-electron chi connectivity index (χ3n) is 12.3. The minimum atomic E-state index is -0.291. The van der Waals surface area contributed by atoms with Crippen LogP contribution in [-0.2, 0) is 19.3 Å². The van der Waals surface area contributed by atoms with E-state index >= 15 is 0 Å². The van der Waals surface area contributed by atoms with Crippen molar-refractivity contribution in [2.24, 2.45) is 0 Å². The molecule has 4 heteroatoms. The fourth-order valence-corrected chi connectivity index (χ4v) is 10.7. The lowest BCUT2D eigenvalue weighted by atomic mass is 9.82. The van der Waals surface area contributed by atoms with Crippen molar-refractivity contribution in [3.63, 3.8) is 0 Å². The van der Waals surface area contributed by atoms with Crippen molar-refractivity contribution >= 4 is 23.4 Å². The summed E-state index contributed by atoms with van der Waals surface area (Å²) < 4.78 is 28.8. The smallest absolute Gasteiger partial charge is 0.123 e. The zero-order valence-corrected chi connectivity index (χ0v) is 34.6. The van der Waals surface area contributed by atoms with E-state index in [9.17, 15) is 8.78 Å². The molecule has 0 N–H and O–H groups in total. The maximum atomic E-state index is 14.4. The van der Waals surface area contributed by atoms with E-state index in [1.54, 1.807) is 11.8 Å². The lowest BCUT2D eigenvalue weighted by Gasteiger charge is -2.21. The van der Waals surface area contributed by atoms with Crippen LogP contribution >= 0.6 is 23.4 Å². The zero-order chi connectivity index (χ0) is 41.0. The first-order valence-corrected chi connectivity index (χ1v) is 21.8. The van der Waals surface area contributed by atoms with E-state index in [0.29, 0.717) is 0 Å². The minimum absolute atomic E-state index is 0.284. The van der Waals surface area contributed by atoms with Crippen LogP contribution in [0.4, 0.5) is 8.78 Å². The predicted molar refractivity (Wildman–Crippen MR) is 249 cm³/mol. The normalized spacial score (nSPS) is 12.2. The Bertz CT molecular complexity index is 3130. The van der Waals surface area contributed by atoms with Gasteiger partial charge in [-0.15, -0.1) is 0 Å². The molecule has 9 aromatic rings. The van der Waals surface area contributed by atoms with Gasteiger partial charge in [0.1, 0.15) is 11.6 Å². The summed E-state index contributed by atoms with van der Waals surface area (Å²) in [4.78, 5) is 2.05. The second-order valence-electron chi connectivity index (χ2n) is 15.9. The molecule has 0 nitrogen and oxygen atoms in total. The molecule has 0 atom stereocenters. The molecule has 9 aromatic carbocycles. The van der Waals surface area contributed by atoms with E-state index in [0.717, 1.165) is 73.0 Å². The molecule has 292 valence electrons. The first-order valence-electron chi connectivity index (χ1n) is 20.6. The van der Waals surface area contributed by atoms with Crippen LogP contribution in [0.1, 0.15) is 33.4 Å². The Balaban J connectivity index is 0.982. The standard InChI is InChI=1S/C57H37ClF2S/c58-57-48(47-30-23-41(31-35-9-2-1-3-10-35)54-46-14-7-5-12-40(46)33-51(47)54)15-8-16-53(57)61-44-28-21-36(22-29-44)49-34-50-45-13-6-4-11-39(45)32-52(50)56(38-19-26-43(60)27-20-38)55(49)37-17-24-42(59)25-18-37/h1-30,34H,31-33H2. The molecule has 0 aromatic heterocycles. The van der Waals surface area contributed by atoms with Crippen LogP contribution in [0.2, 0.25) is 5.02 Å². The summed E-state index contributed by atoms with van der Waals surface area (Å²) in [5, 5.41) is 0.741. The van der Waals surface area contributed by atoms with Crippen LogP contribution < -0.4 is 0 Å². The molecule has 0 aliphatic heterocycles. The molecule has 0 saturated carbocycles. The van der Waals surface area contributed by atoms with Gasteiger partial charge in [-0.25, -0.2) is 8.78 Å². The number of fused-ring (bicyclic) bond motifs is 6. The van der Waals surface area contributed by atoms with E-state index in [2.05, 4.69) is 140 Å². The van der Waals surface area contributed by atoms with Crippen molar-refractivity contribution < 1.29 is 8.78 Å². The highest BCUT2D eigenvalue weighted by molar-refractivity contribution is 7.99. The van der Waals surface area contributed by atoms with Crippen molar-refractivity contribution in [3.8, 4) is 66.8 Å². The first kappa shape index (κ1) is 37.5. The summed E-state index contributed by atoms with van der Waals surface area (Å²) in [7, 11) is 0. The van der Waals surface area contributed by atoms with E-state index in [4.69, 9.17) is 11.6 Å². The summed E-state index contributed by atoms with van der Waals surface area (Å²) in [6, 6.07) is 63.3. The van der Waals surface area contributed by atoms with Crippen molar-refractivity contribution in [2.75, 3.05) is 0 Å². The van der Waals surface area contributed by atoms with Gasteiger partial charge in [0, 0.05) is 15.4 Å². The predicted octanol–water partition coefficient (Wildman–Crippen LogP) is 16.2. The quantitative estimate of drug-likeness (QED) is 0.147. The lowest BCUT2D eigenvalue weighted by molar-refractivity contribution is 0.627. The van der Waals surface area contributed by atoms with Gasteiger partial charge >= 0.3 is 0 Å². The molecule has 0 radical (unpaired) electrons. The van der Waals surface area contributed by atoms with Crippen molar-refractivity contribution in [2.45, 2.75) is 29.1 Å². The van der Waals surface area contributed by atoms with Crippen LogP contribution in [-0.4, -0.2) is 0 Å². The number of benzene rings is 9. The lowest BCUT2D eigenvalue weighted by Crippen LogP contribution is -1.97. The molecule has 0 saturated heterocycles. The Hall–Kier alpha value is -6.52. The Morgan fingerprint density at radius 3 is 1.70 bits per heavy atom. The highest BCUT2D eigenvalue weighted by Gasteiger charge is 2.29. The van der Waals surface area contributed by atoms with Gasteiger partial charge in [-0.05, 0) is 162 Å². The van der Waals surface area contributed by atoms with Gasteiger partial charge in [0.2, 0.25) is 0 Å².